The lowest BCUT2D eigenvalue weighted by Crippen LogP contribution is -2.40. The second-order valence-corrected chi connectivity index (χ2v) is 5.04. The summed E-state index contributed by atoms with van der Waals surface area (Å²) in [6, 6.07) is 4.06. The van der Waals surface area contributed by atoms with Crippen molar-refractivity contribution in [2.75, 3.05) is 19.6 Å². The summed E-state index contributed by atoms with van der Waals surface area (Å²) in [4.78, 5) is 14.1. The Morgan fingerprint density at radius 1 is 1.42 bits per heavy atom. The summed E-state index contributed by atoms with van der Waals surface area (Å²) in [5, 5.41) is 19.0. The molecule has 0 saturated carbocycles. The summed E-state index contributed by atoms with van der Waals surface area (Å²) in [5.41, 5.74) is 5.80. The number of carbonyl (C=O) groups is 1. The van der Waals surface area contributed by atoms with Gasteiger partial charge in [0.15, 0.2) is 0 Å². The van der Waals surface area contributed by atoms with Crippen molar-refractivity contribution in [1.29, 1.82) is 0 Å². The first-order chi connectivity index (χ1) is 9.11. The maximum absolute atomic E-state index is 12.3. The average Bonchev–Trinajstić information content (AvgIpc) is 2.39. The van der Waals surface area contributed by atoms with Gasteiger partial charge in [-0.05, 0) is 43.9 Å². The molecule has 1 aliphatic rings. The van der Waals surface area contributed by atoms with Crippen LogP contribution in [-0.4, -0.2) is 40.7 Å². The summed E-state index contributed by atoms with van der Waals surface area (Å²) >= 11 is 0. The number of aromatic hydroxyl groups is 2. The number of phenolic OH excluding ortho intramolecular Hbond substituents is 2. The summed E-state index contributed by atoms with van der Waals surface area (Å²) in [6.07, 6.45) is 2.99. The molecular weight excluding hydrogens is 244 g/mol. The fraction of sp³-hybridized carbons (Fsp3) is 0.500. The normalized spacial score (nSPS) is 19.4. The molecule has 1 aromatic rings. The first kappa shape index (κ1) is 13.7. The second kappa shape index (κ2) is 5.93. The number of nitrogens with zero attached hydrogens (tertiary/aromatic N) is 1. The van der Waals surface area contributed by atoms with Crippen LogP contribution in [0.3, 0.4) is 0 Å². The van der Waals surface area contributed by atoms with E-state index in [2.05, 4.69) is 0 Å². The fourth-order valence-corrected chi connectivity index (χ4v) is 2.59. The summed E-state index contributed by atoms with van der Waals surface area (Å²) in [6.45, 7) is 2.04. The molecule has 104 valence electrons. The van der Waals surface area contributed by atoms with Crippen molar-refractivity contribution in [3.8, 4) is 11.5 Å². The molecule has 4 N–H and O–H groups in total. The van der Waals surface area contributed by atoms with Gasteiger partial charge in [-0.25, -0.2) is 0 Å². The molecule has 0 radical (unpaired) electrons. The number of benzene rings is 1. The molecule has 2 rings (SSSR count). The highest BCUT2D eigenvalue weighted by Gasteiger charge is 2.25. The lowest BCUT2D eigenvalue weighted by atomic mass is 9.94. The zero-order valence-electron chi connectivity index (χ0n) is 10.9. The van der Waals surface area contributed by atoms with Crippen molar-refractivity contribution in [1.82, 2.24) is 4.90 Å². The molecule has 1 heterocycles. The maximum Gasteiger partial charge on any atom is 0.257 e. The maximum atomic E-state index is 12.3. The minimum Gasteiger partial charge on any atom is -0.508 e. The number of carbonyl (C=O) groups excluding carboxylic acids is 1. The molecule has 0 spiro atoms. The number of piperidine rings is 1. The molecule has 1 atom stereocenters. The molecule has 0 aromatic heterocycles. The highest BCUT2D eigenvalue weighted by atomic mass is 16.3. The highest BCUT2D eigenvalue weighted by Crippen LogP contribution is 2.26. The van der Waals surface area contributed by atoms with Gasteiger partial charge in [-0.1, -0.05) is 0 Å². The lowest BCUT2D eigenvalue weighted by molar-refractivity contribution is 0.0666. The standard InChI is InChI=1S/C14H20N2O3/c15-6-5-10-2-1-7-16(9-10)14(19)12-4-3-11(17)8-13(12)18/h3-4,8,10,17-18H,1-2,5-7,9,15H2. The smallest absolute Gasteiger partial charge is 0.257 e. The molecule has 0 bridgehead atoms. The van der Waals surface area contributed by atoms with Crippen LogP contribution in [0.1, 0.15) is 29.6 Å². The fourth-order valence-electron chi connectivity index (χ4n) is 2.59. The minimum atomic E-state index is -0.181. The Hall–Kier alpha value is -1.75. The Bertz CT molecular complexity index is 460. The first-order valence-corrected chi connectivity index (χ1v) is 6.63. The van der Waals surface area contributed by atoms with Crippen molar-refractivity contribution >= 4 is 5.91 Å². The molecule has 1 saturated heterocycles. The van der Waals surface area contributed by atoms with E-state index in [0.29, 0.717) is 25.6 Å². The van der Waals surface area contributed by atoms with Crippen LogP contribution in [0.4, 0.5) is 0 Å². The van der Waals surface area contributed by atoms with Crippen LogP contribution in [0.2, 0.25) is 0 Å². The molecular formula is C14H20N2O3. The van der Waals surface area contributed by atoms with Gasteiger partial charge in [-0.2, -0.15) is 0 Å². The van der Waals surface area contributed by atoms with E-state index in [-0.39, 0.29) is 23.0 Å². The Morgan fingerprint density at radius 3 is 2.89 bits per heavy atom. The third-order valence-electron chi connectivity index (χ3n) is 3.59. The molecule has 19 heavy (non-hydrogen) atoms. The van der Waals surface area contributed by atoms with E-state index in [1.165, 1.54) is 18.2 Å². The molecule has 0 aliphatic carbocycles. The zero-order chi connectivity index (χ0) is 13.8. The van der Waals surface area contributed by atoms with Crippen LogP contribution in [0.15, 0.2) is 18.2 Å². The third kappa shape index (κ3) is 3.17. The summed E-state index contributed by atoms with van der Waals surface area (Å²) in [5.74, 6) is 0.0424. The largest absolute Gasteiger partial charge is 0.508 e. The topological polar surface area (TPSA) is 86.8 Å². The average molecular weight is 264 g/mol. The van der Waals surface area contributed by atoms with Gasteiger partial charge in [0.25, 0.3) is 5.91 Å². The molecule has 1 unspecified atom stereocenters. The molecule has 1 amide bonds. The van der Waals surface area contributed by atoms with E-state index in [9.17, 15) is 15.0 Å². The number of likely N-dealkylation sites (tertiary alicyclic amines) is 1. The number of hydrogen-bond donors (Lipinski definition) is 3. The number of amides is 1. The Morgan fingerprint density at radius 2 is 2.21 bits per heavy atom. The highest BCUT2D eigenvalue weighted by molar-refractivity contribution is 5.97. The van der Waals surface area contributed by atoms with Gasteiger partial charge in [0, 0.05) is 19.2 Å². The first-order valence-electron chi connectivity index (χ1n) is 6.63. The number of hydrogen-bond acceptors (Lipinski definition) is 4. The lowest BCUT2D eigenvalue weighted by Gasteiger charge is -2.32. The van der Waals surface area contributed by atoms with E-state index in [0.717, 1.165) is 19.3 Å². The van der Waals surface area contributed by atoms with Crippen LogP contribution >= 0.6 is 0 Å². The molecule has 1 aromatic carbocycles. The quantitative estimate of drug-likeness (QED) is 0.768. The van der Waals surface area contributed by atoms with Gasteiger partial charge in [0.05, 0.1) is 5.56 Å². The van der Waals surface area contributed by atoms with Gasteiger partial charge in [0.2, 0.25) is 0 Å². The Balaban J connectivity index is 2.10. The van der Waals surface area contributed by atoms with E-state index >= 15 is 0 Å². The number of phenols is 2. The van der Waals surface area contributed by atoms with Crippen molar-refractivity contribution in [2.24, 2.45) is 11.7 Å². The SMILES string of the molecule is NCCC1CCCN(C(=O)c2ccc(O)cc2O)C1. The van der Waals surface area contributed by atoms with Gasteiger partial charge in [-0.15, -0.1) is 0 Å². The zero-order valence-corrected chi connectivity index (χ0v) is 10.9. The van der Waals surface area contributed by atoms with E-state index in [1.807, 2.05) is 0 Å². The predicted molar refractivity (Wildman–Crippen MR) is 72.1 cm³/mol. The van der Waals surface area contributed by atoms with Crippen molar-refractivity contribution in [2.45, 2.75) is 19.3 Å². The van der Waals surface area contributed by atoms with Crippen molar-refractivity contribution < 1.29 is 15.0 Å². The van der Waals surface area contributed by atoms with E-state index in [4.69, 9.17) is 5.73 Å². The van der Waals surface area contributed by atoms with Crippen LogP contribution in [0.25, 0.3) is 0 Å². The summed E-state index contributed by atoms with van der Waals surface area (Å²) < 4.78 is 0. The molecule has 1 fully saturated rings. The third-order valence-corrected chi connectivity index (χ3v) is 3.59. The number of nitrogens with two attached hydrogens (primary N) is 1. The Labute approximate surface area is 112 Å². The van der Waals surface area contributed by atoms with Crippen LogP contribution in [0.5, 0.6) is 11.5 Å². The van der Waals surface area contributed by atoms with Crippen molar-refractivity contribution in [3.63, 3.8) is 0 Å². The van der Waals surface area contributed by atoms with Gasteiger partial charge in [0.1, 0.15) is 11.5 Å². The Kier molecular flexibility index (Phi) is 4.27. The van der Waals surface area contributed by atoms with Gasteiger partial charge in [-0.3, -0.25) is 4.79 Å². The van der Waals surface area contributed by atoms with Gasteiger partial charge >= 0.3 is 0 Å². The van der Waals surface area contributed by atoms with E-state index in [1.54, 1.807) is 4.90 Å². The minimum absolute atomic E-state index is 0.0475. The number of rotatable bonds is 3. The van der Waals surface area contributed by atoms with Crippen LogP contribution < -0.4 is 5.73 Å². The van der Waals surface area contributed by atoms with Crippen LogP contribution in [-0.2, 0) is 0 Å². The molecule has 5 heteroatoms. The van der Waals surface area contributed by atoms with Gasteiger partial charge < -0.3 is 20.8 Å². The predicted octanol–water partition coefficient (Wildman–Crippen LogP) is 1.30. The second-order valence-electron chi connectivity index (χ2n) is 5.04. The van der Waals surface area contributed by atoms with Crippen LogP contribution in [0, 0.1) is 5.92 Å². The van der Waals surface area contributed by atoms with Crippen molar-refractivity contribution in [3.05, 3.63) is 23.8 Å². The molecule has 5 nitrogen and oxygen atoms in total. The van der Waals surface area contributed by atoms with E-state index < -0.39 is 0 Å². The monoisotopic (exact) mass is 264 g/mol. The molecule has 1 aliphatic heterocycles. The summed E-state index contributed by atoms with van der Waals surface area (Å²) in [7, 11) is 0.